The molecule has 0 aliphatic carbocycles. The summed E-state index contributed by atoms with van der Waals surface area (Å²) < 4.78 is 1.94. The van der Waals surface area contributed by atoms with Gasteiger partial charge < -0.3 is 10.6 Å². The van der Waals surface area contributed by atoms with E-state index >= 15 is 0 Å². The minimum Gasteiger partial charge on any atom is -0.357 e. The molecular weight excluding hydrogens is 346 g/mol. The van der Waals surface area contributed by atoms with Gasteiger partial charge in [-0.3, -0.25) is 9.67 Å². The first-order valence-electron chi connectivity index (χ1n) is 9.19. The van der Waals surface area contributed by atoms with Crippen LogP contribution in [0.4, 0.5) is 0 Å². The molecule has 2 N–H and O–H groups in total. The van der Waals surface area contributed by atoms with E-state index in [1.54, 1.807) is 0 Å². The standard InChI is InChI=1S/C20H30ClN5/c1-6-22-20(23-12-11-17-9-7-8-10-19(17)21)24-14(2)13-18-15(3)25-26(5)16(18)4/h7-10,14H,6,11-13H2,1-5H3,(H2,22,23,24). The number of aliphatic imine (C=N–C) groups is 1. The van der Waals surface area contributed by atoms with Gasteiger partial charge in [-0.15, -0.1) is 0 Å². The van der Waals surface area contributed by atoms with Crippen LogP contribution in [0, 0.1) is 13.8 Å². The summed E-state index contributed by atoms with van der Waals surface area (Å²) in [5, 5.41) is 12.1. The van der Waals surface area contributed by atoms with Gasteiger partial charge in [0.25, 0.3) is 0 Å². The predicted molar refractivity (Wildman–Crippen MR) is 110 cm³/mol. The minimum atomic E-state index is 0.259. The summed E-state index contributed by atoms with van der Waals surface area (Å²) in [5.74, 6) is 0.839. The average molecular weight is 376 g/mol. The lowest BCUT2D eigenvalue weighted by atomic mass is 10.1. The molecule has 5 nitrogen and oxygen atoms in total. The number of benzene rings is 1. The Labute approximate surface area is 161 Å². The second-order valence-electron chi connectivity index (χ2n) is 6.62. The molecule has 1 atom stereocenters. The molecule has 1 aromatic carbocycles. The monoisotopic (exact) mass is 375 g/mol. The fourth-order valence-electron chi connectivity index (χ4n) is 3.01. The van der Waals surface area contributed by atoms with E-state index in [-0.39, 0.29) is 6.04 Å². The lowest BCUT2D eigenvalue weighted by Crippen LogP contribution is -2.43. The maximum Gasteiger partial charge on any atom is 0.191 e. The Bertz CT molecular complexity index is 751. The zero-order valence-electron chi connectivity index (χ0n) is 16.4. The molecule has 6 heteroatoms. The van der Waals surface area contributed by atoms with E-state index in [4.69, 9.17) is 16.6 Å². The van der Waals surface area contributed by atoms with Crippen LogP contribution in [0.15, 0.2) is 29.3 Å². The molecule has 0 saturated heterocycles. The Hall–Kier alpha value is -2.01. The van der Waals surface area contributed by atoms with Crippen LogP contribution in [-0.2, 0) is 19.9 Å². The first kappa shape index (κ1) is 20.3. The highest BCUT2D eigenvalue weighted by Crippen LogP contribution is 2.15. The average Bonchev–Trinajstić information content (AvgIpc) is 2.83. The number of aryl methyl sites for hydroxylation is 2. The van der Waals surface area contributed by atoms with Crippen LogP contribution in [0.3, 0.4) is 0 Å². The van der Waals surface area contributed by atoms with Crippen molar-refractivity contribution in [3.8, 4) is 0 Å². The van der Waals surface area contributed by atoms with Crippen LogP contribution in [0.25, 0.3) is 0 Å². The van der Waals surface area contributed by atoms with E-state index in [0.29, 0.717) is 6.54 Å². The third-order valence-electron chi connectivity index (χ3n) is 4.51. The molecule has 2 aromatic rings. The van der Waals surface area contributed by atoms with Gasteiger partial charge in [0.1, 0.15) is 0 Å². The van der Waals surface area contributed by atoms with Crippen molar-refractivity contribution in [2.75, 3.05) is 13.1 Å². The zero-order valence-corrected chi connectivity index (χ0v) is 17.2. The Kier molecular flexibility index (Phi) is 7.51. The largest absolute Gasteiger partial charge is 0.357 e. The number of guanidine groups is 1. The molecule has 2 rings (SSSR count). The molecule has 0 bridgehead atoms. The lowest BCUT2D eigenvalue weighted by molar-refractivity contribution is 0.635. The zero-order chi connectivity index (χ0) is 19.1. The van der Waals surface area contributed by atoms with Crippen molar-refractivity contribution in [2.24, 2.45) is 12.0 Å². The number of hydrogen-bond acceptors (Lipinski definition) is 2. The van der Waals surface area contributed by atoms with Gasteiger partial charge in [0, 0.05) is 36.9 Å². The first-order valence-corrected chi connectivity index (χ1v) is 9.57. The maximum absolute atomic E-state index is 6.22. The SMILES string of the molecule is CCNC(=NCCc1ccccc1Cl)NC(C)Cc1c(C)nn(C)c1C. The normalized spacial score (nSPS) is 12.9. The summed E-state index contributed by atoms with van der Waals surface area (Å²) in [4.78, 5) is 4.70. The van der Waals surface area contributed by atoms with Crippen molar-refractivity contribution in [3.05, 3.63) is 51.8 Å². The predicted octanol–water partition coefficient (Wildman–Crippen LogP) is 3.42. The van der Waals surface area contributed by atoms with Crippen LogP contribution in [0.2, 0.25) is 5.02 Å². The number of aromatic nitrogens is 2. The summed E-state index contributed by atoms with van der Waals surface area (Å²) in [7, 11) is 1.99. The third-order valence-corrected chi connectivity index (χ3v) is 4.87. The van der Waals surface area contributed by atoms with Gasteiger partial charge >= 0.3 is 0 Å². The molecule has 142 valence electrons. The van der Waals surface area contributed by atoms with Crippen LogP contribution in [0.1, 0.15) is 36.4 Å². The summed E-state index contributed by atoms with van der Waals surface area (Å²) in [5.41, 5.74) is 4.75. The highest BCUT2D eigenvalue weighted by Gasteiger charge is 2.14. The number of halogens is 1. The number of rotatable bonds is 7. The van der Waals surface area contributed by atoms with Crippen LogP contribution >= 0.6 is 11.6 Å². The molecule has 0 fully saturated rings. The Balaban J connectivity index is 1.96. The molecule has 1 heterocycles. The van der Waals surface area contributed by atoms with Gasteiger partial charge in [-0.25, -0.2) is 0 Å². The Morgan fingerprint density at radius 2 is 2.04 bits per heavy atom. The summed E-state index contributed by atoms with van der Waals surface area (Å²) in [6, 6.07) is 8.19. The molecule has 1 unspecified atom stereocenters. The highest BCUT2D eigenvalue weighted by molar-refractivity contribution is 6.31. The summed E-state index contributed by atoms with van der Waals surface area (Å²) in [6.07, 6.45) is 1.74. The van der Waals surface area contributed by atoms with Crippen LogP contribution in [0.5, 0.6) is 0 Å². The molecule has 0 saturated carbocycles. The van der Waals surface area contributed by atoms with Crippen molar-refractivity contribution in [1.29, 1.82) is 0 Å². The van der Waals surface area contributed by atoms with E-state index in [2.05, 4.69) is 49.5 Å². The Morgan fingerprint density at radius 1 is 1.31 bits per heavy atom. The highest BCUT2D eigenvalue weighted by atomic mass is 35.5. The van der Waals surface area contributed by atoms with Gasteiger partial charge in [0.2, 0.25) is 0 Å². The van der Waals surface area contributed by atoms with Gasteiger partial charge in [-0.05, 0) is 57.7 Å². The molecule has 0 amide bonds. The summed E-state index contributed by atoms with van der Waals surface area (Å²) in [6.45, 7) is 9.95. The van der Waals surface area contributed by atoms with Crippen molar-refractivity contribution in [2.45, 2.75) is 46.6 Å². The van der Waals surface area contributed by atoms with Crippen LogP contribution < -0.4 is 10.6 Å². The molecule has 26 heavy (non-hydrogen) atoms. The molecular formula is C20H30ClN5. The number of hydrogen-bond donors (Lipinski definition) is 2. The fraction of sp³-hybridized carbons (Fsp3) is 0.500. The molecule has 0 aliphatic heterocycles. The van der Waals surface area contributed by atoms with Crippen molar-refractivity contribution in [1.82, 2.24) is 20.4 Å². The van der Waals surface area contributed by atoms with Crippen molar-refractivity contribution >= 4 is 17.6 Å². The Morgan fingerprint density at radius 3 is 2.65 bits per heavy atom. The van der Waals surface area contributed by atoms with Crippen molar-refractivity contribution < 1.29 is 0 Å². The van der Waals surface area contributed by atoms with E-state index in [9.17, 15) is 0 Å². The quantitative estimate of drug-likeness (QED) is 0.576. The topological polar surface area (TPSA) is 54.2 Å². The number of nitrogens with zero attached hydrogens (tertiary/aromatic N) is 3. The first-order chi connectivity index (χ1) is 12.4. The van der Waals surface area contributed by atoms with E-state index < -0.39 is 0 Å². The fourth-order valence-corrected chi connectivity index (χ4v) is 3.24. The molecule has 0 aliphatic rings. The second-order valence-corrected chi connectivity index (χ2v) is 7.03. The van der Waals surface area contributed by atoms with Gasteiger partial charge in [-0.2, -0.15) is 5.10 Å². The molecule has 1 aromatic heterocycles. The molecule has 0 radical (unpaired) electrons. The van der Waals surface area contributed by atoms with Crippen molar-refractivity contribution in [3.63, 3.8) is 0 Å². The van der Waals surface area contributed by atoms with E-state index in [1.165, 1.54) is 11.3 Å². The van der Waals surface area contributed by atoms with Gasteiger partial charge in [0.15, 0.2) is 5.96 Å². The third kappa shape index (κ3) is 5.49. The minimum absolute atomic E-state index is 0.259. The van der Waals surface area contributed by atoms with Gasteiger partial charge in [0.05, 0.1) is 5.69 Å². The van der Waals surface area contributed by atoms with E-state index in [1.807, 2.05) is 29.9 Å². The summed E-state index contributed by atoms with van der Waals surface area (Å²) >= 11 is 6.22. The van der Waals surface area contributed by atoms with Crippen LogP contribution in [-0.4, -0.2) is 34.9 Å². The smallest absolute Gasteiger partial charge is 0.191 e. The van der Waals surface area contributed by atoms with E-state index in [0.717, 1.165) is 41.6 Å². The second kappa shape index (κ2) is 9.62. The van der Waals surface area contributed by atoms with Gasteiger partial charge in [-0.1, -0.05) is 29.8 Å². The maximum atomic E-state index is 6.22. The molecule has 0 spiro atoms. The number of nitrogens with one attached hydrogen (secondary N) is 2. The lowest BCUT2D eigenvalue weighted by Gasteiger charge is -2.18.